The molecule has 2 aromatic carbocycles. The van der Waals surface area contributed by atoms with E-state index in [-0.39, 0.29) is 35.7 Å². The number of rotatable bonds is 10. The summed E-state index contributed by atoms with van der Waals surface area (Å²) in [6.07, 6.45) is -8.22. The summed E-state index contributed by atoms with van der Waals surface area (Å²) in [5.41, 5.74) is -0.210. The number of anilines is 1. The lowest BCUT2D eigenvalue weighted by molar-refractivity contribution is -0.275. The van der Waals surface area contributed by atoms with Gasteiger partial charge in [-0.25, -0.2) is 4.79 Å². The highest BCUT2D eigenvalue weighted by Gasteiger charge is 2.34. The van der Waals surface area contributed by atoms with Gasteiger partial charge in [0.15, 0.2) is 0 Å². The first-order chi connectivity index (χ1) is 20.8. The number of hydrogen-bond donors (Lipinski definition) is 3. The van der Waals surface area contributed by atoms with E-state index in [4.69, 9.17) is 9.47 Å². The quantitative estimate of drug-likeness (QED) is 0.314. The predicted octanol–water partition coefficient (Wildman–Crippen LogP) is 5.06. The number of halogens is 6. The van der Waals surface area contributed by atoms with Crippen molar-refractivity contribution in [2.75, 3.05) is 44.7 Å². The van der Waals surface area contributed by atoms with Crippen molar-refractivity contribution < 1.29 is 54.9 Å². The molecule has 1 heterocycles. The topological polar surface area (TPSA) is 110 Å². The lowest BCUT2D eigenvalue weighted by Crippen LogP contribution is -2.41. The first-order valence-electron chi connectivity index (χ1n) is 13.9. The molecule has 2 fully saturated rings. The van der Waals surface area contributed by atoms with Gasteiger partial charge in [-0.3, -0.25) is 9.69 Å². The molecule has 0 aromatic heterocycles. The predicted molar refractivity (Wildman–Crippen MR) is 145 cm³/mol. The molecule has 4 rings (SSSR count). The monoisotopic (exact) mass is 634 g/mol. The number of amides is 3. The molecule has 10 nitrogen and oxygen atoms in total. The summed E-state index contributed by atoms with van der Waals surface area (Å²) in [4.78, 5) is 27.3. The van der Waals surface area contributed by atoms with Crippen LogP contribution in [0, 0.1) is 0 Å². The van der Waals surface area contributed by atoms with E-state index in [0.717, 1.165) is 18.2 Å². The van der Waals surface area contributed by atoms with Crippen LogP contribution in [0.2, 0.25) is 0 Å². The molecule has 3 amide bonds. The molecule has 0 radical (unpaired) electrons. The van der Waals surface area contributed by atoms with Gasteiger partial charge in [0.25, 0.3) is 5.91 Å². The van der Waals surface area contributed by atoms with Crippen molar-refractivity contribution in [2.45, 2.75) is 50.6 Å². The number of urea groups is 1. The van der Waals surface area contributed by atoms with Gasteiger partial charge in [0.05, 0.1) is 24.9 Å². The molecule has 0 atom stereocenters. The Balaban J connectivity index is 1.28. The molecule has 2 aromatic rings. The van der Waals surface area contributed by atoms with Gasteiger partial charge in [-0.2, -0.15) is 0 Å². The van der Waals surface area contributed by atoms with Crippen molar-refractivity contribution >= 4 is 17.6 Å². The molecule has 0 bridgehead atoms. The van der Waals surface area contributed by atoms with Crippen LogP contribution in [0.5, 0.6) is 17.2 Å². The zero-order valence-corrected chi connectivity index (χ0v) is 23.4. The van der Waals surface area contributed by atoms with Gasteiger partial charge in [0.1, 0.15) is 17.2 Å². The summed E-state index contributed by atoms with van der Waals surface area (Å²) < 4.78 is 95.5. The van der Waals surface area contributed by atoms with E-state index >= 15 is 0 Å². The maximum atomic E-state index is 13.0. The molecule has 3 N–H and O–H groups in total. The van der Waals surface area contributed by atoms with Gasteiger partial charge in [0, 0.05) is 44.0 Å². The van der Waals surface area contributed by atoms with E-state index in [1.807, 2.05) is 0 Å². The summed E-state index contributed by atoms with van der Waals surface area (Å²) >= 11 is 0. The number of carbonyl (C=O) groups excluding carboxylic acids is 2. The highest BCUT2D eigenvalue weighted by Crippen LogP contribution is 2.32. The number of morpholine rings is 1. The Hall–Kier alpha value is -3.92. The van der Waals surface area contributed by atoms with Crippen LogP contribution in [0.25, 0.3) is 0 Å². The number of alkyl halides is 6. The average Bonchev–Trinajstić information content (AvgIpc) is 2.94. The Labute approximate surface area is 248 Å². The Bertz CT molecular complexity index is 1260. The van der Waals surface area contributed by atoms with E-state index in [1.165, 1.54) is 24.3 Å². The summed E-state index contributed by atoms with van der Waals surface area (Å²) in [6, 6.07) is 7.55. The van der Waals surface area contributed by atoms with E-state index in [9.17, 15) is 35.9 Å². The lowest BCUT2D eigenvalue weighted by Gasteiger charge is -2.29. The van der Waals surface area contributed by atoms with Crippen molar-refractivity contribution in [1.29, 1.82) is 0 Å². The van der Waals surface area contributed by atoms with Crippen molar-refractivity contribution in [3.05, 3.63) is 48.0 Å². The molecule has 16 heteroatoms. The highest BCUT2D eigenvalue weighted by atomic mass is 19.4. The second-order valence-corrected chi connectivity index (χ2v) is 10.2. The smallest absolute Gasteiger partial charge is 0.490 e. The maximum absolute atomic E-state index is 13.0. The second kappa shape index (κ2) is 14.7. The van der Waals surface area contributed by atoms with Crippen LogP contribution in [0.4, 0.5) is 36.8 Å². The van der Waals surface area contributed by atoms with Crippen LogP contribution in [0.1, 0.15) is 36.0 Å². The zero-order valence-electron chi connectivity index (χ0n) is 23.4. The van der Waals surface area contributed by atoms with Crippen LogP contribution in [-0.4, -0.2) is 81.1 Å². The standard InChI is InChI=1S/C28H32F6N4O6/c29-27(30,31)43-22-3-1-2-19(16-22)37-26(40)36-18-4-6-20(7-5-18)42-21-8-9-24(44-28(32,33)34)23(17-21)25(39)35-10-11-38-12-14-41-15-13-38/h1-3,8-9,16-18,20H,4-7,10-15H2,(H,35,39)(H2,36,37,40). The third-order valence-electron chi connectivity index (χ3n) is 6.88. The zero-order chi connectivity index (χ0) is 31.7. The molecule has 44 heavy (non-hydrogen) atoms. The maximum Gasteiger partial charge on any atom is 0.573 e. The molecule has 242 valence electrons. The first kappa shape index (κ1) is 33.0. The van der Waals surface area contributed by atoms with Gasteiger partial charge in [-0.1, -0.05) is 6.07 Å². The molecular formula is C28H32F6N4O6. The minimum Gasteiger partial charge on any atom is -0.490 e. The number of nitrogens with zero attached hydrogens (tertiary/aromatic N) is 1. The lowest BCUT2D eigenvalue weighted by atomic mass is 9.93. The molecule has 1 saturated heterocycles. The van der Waals surface area contributed by atoms with Gasteiger partial charge >= 0.3 is 18.8 Å². The summed E-state index contributed by atoms with van der Waals surface area (Å²) in [7, 11) is 0. The van der Waals surface area contributed by atoms with Crippen LogP contribution in [0.3, 0.4) is 0 Å². The Morgan fingerprint density at radius 3 is 2.27 bits per heavy atom. The minimum atomic E-state index is -5.00. The van der Waals surface area contributed by atoms with Crippen LogP contribution < -0.4 is 30.2 Å². The fraction of sp³-hybridized carbons (Fsp3) is 0.500. The molecular weight excluding hydrogens is 602 g/mol. The summed E-state index contributed by atoms with van der Waals surface area (Å²) in [6.45, 7) is 3.25. The Morgan fingerprint density at radius 2 is 1.59 bits per heavy atom. The van der Waals surface area contributed by atoms with Gasteiger partial charge in [-0.05, 0) is 56.0 Å². The second-order valence-electron chi connectivity index (χ2n) is 10.2. The number of benzene rings is 2. The fourth-order valence-corrected chi connectivity index (χ4v) is 4.86. The van der Waals surface area contributed by atoms with E-state index < -0.39 is 36.2 Å². The van der Waals surface area contributed by atoms with Crippen molar-refractivity contribution in [3.63, 3.8) is 0 Å². The summed E-state index contributed by atoms with van der Waals surface area (Å²) in [5, 5.41) is 7.86. The normalized spacial score (nSPS) is 19.5. The molecule has 1 aliphatic carbocycles. The third-order valence-corrected chi connectivity index (χ3v) is 6.88. The molecule has 2 aliphatic rings. The van der Waals surface area contributed by atoms with Crippen LogP contribution in [0.15, 0.2) is 42.5 Å². The molecule has 1 saturated carbocycles. The van der Waals surface area contributed by atoms with Crippen molar-refractivity contribution in [3.8, 4) is 17.2 Å². The molecule has 1 aliphatic heterocycles. The summed E-state index contributed by atoms with van der Waals surface area (Å²) in [5.74, 6) is -1.67. The van der Waals surface area contributed by atoms with E-state index in [0.29, 0.717) is 58.5 Å². The number of carbonyl (C=O) groups is 2. The Kier molecular flexibility index (Phi) is 11.0. The molecule has 0 spiro atoms. The Morgan fingerprint density at radius 1 is 0.886 bits per heavy atom. The third kappa shape index (κ3) is 11.0. The van der Waals surface area contributed by atoms with Gasteiger partial charge in [-0.15, -0.1) is 26.3 Å². The van der Waals surface area contributed by atoms with Crippen LogP contribution in [-0.2, 0) is 4.74 Å². The van der Waals surface area contributed by atoms with E-state index in [1.54, 1.807) is 0 Å². The van der Waals surface area contributed by atoms with Gasteiger partial charge < -0.3 is 34.9 Å². The molecule has 0 unspecified atom stereocenters. The number of nitrogens with one attached hydrogen (secondary N) is 3. The van der Waals surface area contributed by atoms with Crippen molar-refractivity contribution in [1.82, 2.24) is 15.5 Å². The number of ether oxygens (including phenoxy) is 4. The fourth-order valence-electron chi connectivity index (χ4n) is 4.86. The highest BCUT2D eigenvalue weighted by molar-refractivity contribution is 5.97. The van der Waals surface area contributed by atoms with Crippen LogP contribution >= 0.6 is 0 Å². The minimum absolute atomic E-state index is 0.111. The van der Waals surface area contributed by atoms with E-state index in [2.05, 4.69) is 30.3 Å². The number of hydrogen-bond acceptors (Lipinski definition) is 7. The SMILES string of the molecule is O=C(Nc1cccc(OC(F)(F)F)c1)NC1CCC(Oc2ccc(OC(F)(F)F)c(C(=O)NCCN3CCOCC3)c2)CC1. The van der Waals surface area contributed by atoms with Crippen molar-refractivity contribution in [2.24, 2.45) is 0 Å². The van der Waals surface area contributed by atoms with Gasteiger partial charge in [0.2, 0.25) is 0 Å². The largest absolute Gasteiger partial charge is 0.573 e. The average molecular weight is 635 g/mol. The first-order valence-corrected chi connectivity index (χ1v) is 13.9.